The van der Waals surface area contributed by atoms with Crippen molar-refractivity contribution in [1.29, 1.82) is 0 Å². The molecule has 0 saturated heterocycles. The molecule has 0 radical (unpaired) electrons. The number of hydrogen-bond donors (Lipinski definition) is 2. The summed E-state index contributed by atoms with van der Waals surface area (Å²) in [6, 6.07) is 12.2. The van der Waals surface area contributed by atoms with E-state index in [1.807, 2.05) is 37.4 Å². The maximum absolute atomic E-state index is 12.3. The fourth-order valence-electron chi connectivity index (χ4n) is 3.46. The lowest BCUT2D eigenvalue weighted by Crippen LogP contribution is -2.24. The molecule has 4 rings (SSSR count). The third-order valence-corrected chi connectivity index (χ3v) is 4.87. The Morgan fingerprint density at radius 2 is 1.92 bits per heavy atom. The van der Waals surface area contributed by atoms with Crippen LogP contribution in [-0.2, 0) is 17.3 Å². The number of aryl methyl sites for hydroxylation is 1. The monoisotopic (exact) mass is 349 g/mol. The Morgan fingerprint density at radius 1 is 1.19 bits per heavy atom. The molecule has 3 aromatic rings. The van der Waals surface area contributed by atoms with E-state index in [9.17, 15) is 4.79 Å². The molecule has 1 aliphatic heterocycles. The first kappa shape index (κ1) is 16.6. The Hall–Kier alpha value is -2.89. The minimum Gasteiger partial charge on any atom is -0.311 e. The van der Waals surface area contributed by atoms with E-state index < -0.39 is 0 Å². The Morgan fingerprint density at radius 3 is 2.58 bits per heavy atom. The van der Waals surface area contributed by atoms with Gasteiger partial charge in [0.05, 0.1) is 11.4 Å². The summed E-state index contributed by atoms with van der Waals surface area (Å²) in [6.45, 7) is 6.39. The molecule has 3 heterocycles. The Kier molecular flexibility index (Phi) is 3.72. The minimum absolute atomic E-state index is 0.00276. The van der Waals surface area contributed by atoms with Gasteiger partial charge < -0.3 is 5.32 Å². The highest BCUT2D eigenvalue weighted by Crippen LogP contribution is 2.42. The number of nitrogens with one attached hydrogen (secondary N) is 2. The first-order valence-electron chi connectivity index (χ1n) is 8.82. The van der Waals surface area contributed by atoms with Crippen LogP contribution in [0, 0.1) is 0 Å². The van der Waals surface area contributed by atoms with Gasteiger partial charge in [-0.25, -0.2) is 0 Å². The standard InChI is InChI=1S/C20H23N5O/c1-20(2,3)15-11-14(22-23-15)13-10-16(26)21-19-17(13)18(24-25(19)4)12-8-6-5-7-9-12/h5-9,11,13H,10H2,1-4H3,(H,21,26)(H,22,23). The molecule has 26 heavy (non-hydrogen) atoms. The van der Waals surface area contributed by atoms with E-state index in [0.717, 1.165) is 34.0 Å². The van der Waals surface area contributed by atoms with Crippen LogP contribution in [0.4, 0.5) is 5.82 Å². The van der Waals surface area contributed by atoms with Gasteiger partial charge in [0.25, 0.3) is 0 Å². The number of rotatable bonds is 2. The normalized spacial score (nSPS) is 17.1. The third kappa shape index (κ3) is 2.71. The molecule has 6 heteroatoms. The van der Waals surface area contributed by atoms with Crippen LogP contribution in [0.2, 0.25) is 0 Å². The van der Waals surface area contributed by atoms with Crippen LogP contribution in [0.15, 0.2) is 36.4 Å². The number of anilines is 1. The van der Waals surface area contributed by atoms with Gasteiger partial charge in [-0.1, -0.05) is 51.1 Å². The Labute approximate surface area is 152 Å². The summed E-state index contributed by atoms with van der Waals surface area (Å²) in [4.78, 5) is 12.3. The van der Waals surface area contributed by atoms with Crippen LogP contribution in [0.3, 0.4) is 0 Å². The number of aromatic amines is 1. The summed E-state index contributed by atoms with van der Waals surface area (Å²) in [7, 11) is 1.86. The lowest BCUT2D eigenvalue weighted by molar-refractivity contribution is -0.116. The lowest BCUT2D eigenvalue weighted by atomic mass is 9.86. The van der Waals surface area contributed by atoms with Crippen molar-refractivity contribution in [2.75, 3.05) is 5.32 Å². The van der Waals surface area contributed by atoms with Crippen molar-refractivity contribution in [2.24, 2.45) is 7.05 Å². The minimum atomic E-state index is -0.0914. The number of fused-ring (bicyclic) bond motifs is 1. The molecule has 134 valence electrons. The maximum atomic E-state index is 12.3. The molecule has 1 aliphatic rings. The van der Waals surface area contributed by atoms with Gasteiger partial charge in [-0.3, -0.25) is 14.6 Å². The molecule has 0 aliphatic carbocycles. The van der Waals surface area contributed by atoms with E-state index in [1.165, 1.54) is 0 Å². The zero-order chi connectivity index (χ0) is 18.5. The number of aromatic nitrogens is 4. The van der Waals surface area contributed by atoms with Gasteiger partial charge in [-0.15, -0.1) is 0 Å². The highest BCUT2D eigenvalue weighted by molar-refractivity contribution is 5.96. The van der Waals surface area contributed by atoms with Crippen LogP contribution >= 0.6 is 0 Å². The van der Waals surface area contributed by atoms with Crippen LogP contribution in [0.5, 0.6) is 0 Å². The smallest absolute Gasteiger partial charge is 0.226 e. The van der Waals surface area contributed by atoms with Crippen molar-refractivity contribution in [3.8, 4) is 11.3 Å². The third-order valence-electron chi connectivity index (χ3n) is 4.87. The fraction of sp³-hybridized carbons (Fsp3) is 0.350. The molecule has 2 aromatic heterocycles. The highest BCUT2D eigenvalue weighted by Gasteiger charge is 2.34. The van der Waals surface area contributed by atoms with Crippen molar-refractivity contribution in [2.45, 2.75) is 38.5 Å². The first-order valence-corrected chi connectivity index (χ1v) is 8.82. The van der Waals surface area contributed by atoms with Crippen LogP contribution in [0.25, 0.3) is 11.3 Å². The SMILES string of the molecule is Cn1nc(-c2ccccc2)c2c1NC(=O)CC2c1cc(C(C)(C)C)n[nH]1. The molecule has 0 saturated carbocycles. The Balaban J connectivity index is 1.87. The van der Waals surface area contributed by atoms with Gasteiger partial charge in [0.2, 0.25) is 5.91 Å². The maximum Gasteiger partial charge on any atom is 0.226 e. The number of hydrogen-bond acceptors (Lipinski definition) is 3. The van der Waals surface area contributed by atoms with Crippen molar-refractivity contribution in [3.63, 3.8) is 0 Å². The zero-order valence-electron chi connectivity index (χ0n) is 15.5. The summed E-state index contributed by atoms with van der Waals surface area (Å²) in [5, 5.41) is 15.3. The number of amides is 1. The van der Waals surface area contributed by atoms with Gasteiger partial charge in [0.15, 0.2) is 0 Å². The predicted octanol–water partition coefficient (Wildman–Crippen LogP) is 3.58. The zero-order valence-corrected chi connectivity index (χ0v) is 15.5. The largest absolute Gasteiger partial charge is 0.311 e. The van der Waals surface area contributed by atoms with E-state index in [1.54, 1.807) is 4.68 Å². The second-order valence-electron chi connectivity index (χ2n) is 7.86. The lowest BCUT2D eigenvalue weighted by Gasteiger charge is -2.23. The quantitative estimate of drug-likeness (QED) is 0.742. The topological polar surface area (TPSA) is 75.6 Å². The van der Waals surface area contributed by atoms with Gasteiger partial charge in [-0.05, 0) is 6.07 Å². The summed E-state index contributed by atoms with van der Waals surface area (Å²) in [5.41, 5.74) is 4.89. The van der Waals surface area contributed by atoms with E-state index in [-0.39, 0.29) is 17.2 Å². The molecule has 0 bridgehead atoms. The molecule has 1 aromatic carbocycles. The molecule has 0 spiro atoms. The molecule has 1 atom stereocenters. The van der Waals surface area contributed by atoms with Crippen LogP contribution in [-0.4, -0.2) is 25.9 Å². The number of carbonyl (C=O) groups is 1. The molecular formula is C20H23N5O. The molecule has 1 amide bonds. The van der Waals surface area contributed by atoms with Gasteiger partial charge in [-0.2, -0.15) is 10.2 Å². The number of H-pyrrole nitrogens is 1. The number of benzene rings is 1. The molecular weight excluding hydrogens is 326 g/mol. The van der Waals surface area contributed by atoms with Crippen molar-refractivity contribution >= 4 is 11.7 Å². The second kappa shape index (κ2) is 5.83. The Bertz CT molecular complexity index is 962. The van der Waals surface area contributed by atoms with Crippen LogP contribution in [0.1, 0.15) is 50.1 Å². The van der Waals surface area contributed by atoms with Crippen molar-refractivity contribution < 1.29 is 4.79 Å². The van der Waals surface area contributed by atoms with Crippen molar-refractivity contribution in [3.05, 3.63) is 53.3 Å². The van der Waals surface area contributed by atoms with Gasteiger partial charge in [0.1, 0.15) is 5.82 Å². The fourth-order valence-corrected chi connectivity index (χ4v) is 3.46. The van der Waals surface area contributed by atoms with E-state index >= 15 is 0 Å². The van der Waals surface area contributed by atoms with Crippen molar-refractivity contribution in [1.82, 2.24) is 20.0 Å². The summed E-state index contributed by atoms with van der Waals surface area (Å²) >= 11 is 0. The van der Waals surface area contributed by atoms with Crippen LogP contribution < -0.4 is 5.32 Å². The first-order chi connectivity index (χ1) is 12.3. The molecule has 1 unspecified atom stereocenters. The number of carbonyl (C=O) groups excluding carboxylic acids is 1. The average molecular weight is 349 g/mol. The van der Waals surface area contributed by atoms with E-state index in [2.05, 4.69) is 42.4 Å². The van der Waals surface area contributed by atoms with E-state index in [0.29, 0.717) is 6.42 Å². The predicted molar refractivity (Wildman–Crippen MR) is 101 cm³/mol. The molecule has 6 nitrogen and oxygen atoms in total. The highest BCUT2D eigenvalue weighted by atomic mass is 16.1. The van der Waals surface area contributed by atoms with Gasteiger partial charge in [0, 0.05) is 41.6 Å². The summed E-state index contributed by atoms with van der Waals surface area (Å²) in [5.74, 6) is 0.667. The van der Waals surface area contributed by atoms with E-state index in [4.69, 9.17) is 5.10 Å². The molecule has 2 N–H and O–H groups in total. The molecule has 0 fully saturated rings. The average Bonchev–Trinajstić information content (AvgIpc) is 3.21. The van der Waals surface area contributed by atoms with Gasteiger partial charge >= 0.3 is 0 Å². The second-order valence-corrected chi connectivity index (χ2v) is 7.86. The summed E-state index contributed by atoms with van der Waals surface area (Å²) < 4.78 is 1.75. The number of nitrogens with zero attached hydrogens (tertiary/aromatic N) is 3. The summed E-state index contributed by atoms with van der Waals surface area (Å²) in [6.07, 6.45) is 0.379.